The minimum atomic E-state index is 0.367. The normalized spacial score (nSPS) is 12.1. The van der Waals surface area contributed by atoms with E-state index in [0.717, 1.165) is 25.5 Å². The second-order valence-corrected chi connectivity index (χ2v) is 4.89. The van der Waals surface area contributed by atoms with Crippen molar-refractivity contribution in [2.24, 2.45) is 0 Å². The van der Waals surface area contributed by atoms with Gasteiger partial charge in [0.2, 0.25) is 17.8 Å². The van der Waals surface area contributed by atoms with Crippen molar-refractivity contribution in [2.75, 3.05) is 35.7 Å². The third kappa shape index (κ3) is 4.83. The van der Waals surface area contributed by atoms with Crippen LogP contribution >= 0.6 is 0 Å². The minimum absolute atomic E-state index is 0.367. The zero-order valence-corrected chi connectivity index (χ0v) is 13.4. The Bertz CT molecular complexity index is 391. The quantitative estimate of drug-likeness (QED) is 0.725. The Morgan fingerprint density at radius 3 is 2.25 bits per heavy atom. The van der Waals surface area contributed by atoms with Gasteiger partial charge >= 0.3 is 0 Å². The van der Waals surface area contributed by atoms with Gasteiger partial charge in [0.15, 0.2) is 0 Å². The Hall–Kier alpha value is -1.59. The van der Waals surface area contributed by atoms with Crippen molar-refractivity contribution in [1.82, 2.24) is 15.0 Å². The summed E-state index contributed by atoms with van der Waals surface area (Å²) in [5.74, 6) is 1.97. The number of rotatable bonds is 9. The Labute approximate surface area is 122 Å². The van der Waals surface area contributed by atoms with Crippen LogP contribution in [0.4, 0.5) is 17.8 Å². The van der Waals surface area contributed by atoms with Crippen LogP contribution in [0.2, 0.25) is 0 Å². The molecule has 1 aromatic rings. The molecule has 2 N–H and O–H groups in total. The molecule has 1 unspecified atom stereocenters. The van der Waals surface area contributed by atoms with Crippen LogP contribution in [0.1, 0.15) is 47.0 Å². The average molecular weight is 280 g/mol. The van der Waals surface area contributed by atoms with E-state index < -0.39 is 0 Å². The number of nitrogens with one attached hydrogen (secondary N) is 2. The second-order valence-electron chi connectivity index (χ2n) is 4.89. The fraction of sp³-hybridized carbons (Fsp3) is 0.786. The third-order valence-electron chi connectivity index (χ3n) is 3.26. The largest absolute Gasteiger partial charge is 0.357 e. The number of hydrogen-bond acceptors (Lipinski definition) is 6. The number of aromatic nitrogens is 3. The molecule has 0 aliphatic carbocycles. The smallest absolute Gasteiger partial charge is 0.231 e. The molecule has 0 aliphatic rings. The van der Waals surface area contributed by atoms with E-state index in [9.17, 15) is 0 Å². The molecular weight excluding hydrogens is 252 g/mol. The summed E-state index contributed by atoms with van der Waals surface area (Å²) in [7, 11) is 1.83. The molecule has 0 amide bonds. The van der Waals surface area contributed by atoms with Gasteiger partial charge in [-0.05, 0) is 27.2 Å². The zero-order valence-electron chi connectivity index (χ0n) is 13.4. The lowest BCUT2D eigenvalue weighted by Crippen LogP contribution is -2.26. The maximum absolute atomic E-state index is 4.52. The van der Waals surface area contributed by atoms with Crippen LogP contribution in [-0.4, -0.2) is 41.1 Å². The van der Waals surface area contributed by atoms with Crippen molar-refractivity contribution in [1.29, 1.82) is 0 Å². The minimum Gasteiger partial charge on any atom is -0.357 e. The first-order valence-corrected chi connectivity index (χ1v) is 7.59. The van der Waals surface area contributed by atoms with Gasteiger partial charge in [-0.25, -0.2) is 0 Å². The lowest BCUT2D eigenvalue weighted by molar-refractivity contribution is 0.640. The summed E-state index contributed by atoms with van der Waals surface area (Å²) in [4.78, 5) is 15.4. The summed E-state index contributed by atoms with van der Waals surface area (Å²) in [6, 6.07) is 0.367. The molecule has 0 saturated carbocycles. The molecule has 0 aliphatic heterocycles. The maximum atomic E-state index is 4.52. The lowest BCUT2D eigenvalue weighted by Gasteiger charge is -2.20. The van der Waals surface area contributed by atoms with Gasteiger partial charge in [0.25, 0.3) is 0 Å². The van der Waals surface area contributed by atoms with E-state index in [0.29, 0.717) is 17.9 Å². The van der Waals surface area contributed by atoms with Gasteiger partial charge in [0, 0.05) is 26.2 Å². The van der Waals surface area contributed by atoms with Crippen molar-refractivity contribution >= 4 is 17.8 Å². The van der Waals surface area contributed by atoms with Gasteiger partial charge in [-0.15, -0.1) is 0 Å². The van der Waals surface area contributed by atoms with Crippen LogP contribution in [0.25, 0.3) is 0 Å². The summed E-state index contributed by atoms with van der Waals surface area (Å²) < 4.78 is 0. The van der Waals surface area contributed by atoms with Crippen molar-refractivity contribution < 1.29 is 0 Å². The third-order valence-corrected chi connectivity index (χ3v) is 3.26. The highest BCUT2D eigenvalue weighted by Gasteiger charge is 2.12. The molecule has 0 radical (unpaired) electrons. The van der Waals surface area contributed by atoms with Gasteiger partial charge in [-0.1, -0.05) is 19.8 Å². The molecule has 1 aromatic heterocycles. The van der Waals surface area contributed by atoms with Gasteiger partial charge in [-0.3, -0.25) is 0 Å². The summed E-state index contributed by atoms with van der Waals surface area (Å²) >= 11 is 0. The molecule has 6 nitrogen and oxygen atoms in total. The number of anilines is 3. The number of nitrogens with zero attached hydrogens (tertiary/aromatic N) is 4. The Morgan fingerprint density at radius 2 is 1.70 bits per heavy atom. The van der Waals surface area contributed by atoms with Gasteiger partial charge in [0.05, 0.1) is 0 Å². The Balaban J connectivity index is 2.87. The molecule has 1 rings (SSSR count). The van der Waals surface area contributed by atoms with Crippen molar-refractivity contribution in [3.05, 3.63) is 0 Å². The van der Waals surface area contributed by atoms with Crippen molar-refractivity contribution in [2.45, 2.75) is 53.0 Å². The molecule has 0 spiro atoms. The maximum Gasteiger partial charge on any atom is 0.231 e. The molecule has 0 fully saturated rings. The summed E-state index contributed by atoms with van der Waals surface area (Å²) in [5.41, 5.74) is 0. The molecule has 1 atom stereocenters. The first-order valence-electron chi connectivity index (χ1n) is 7.59. The van der Waals surface area contributed by atoms with Crippen LogP contribution in [0.5, 0.6) is 0 Å². The fourth-order valence-corrected chi connectivity index (χ4v) is 1.99. The van der Waals surface area contributed by atoms with E-state index in [-0.39, 0.29) is 0 Å². The summed E-state index contributed by atoms with van der Waals surface area (Å²) in [6.07, 6.45) is 3.54. The van der Waals surface area contributed by atoms with Gasteiger partial charge in [0.1, 0.15) is 0 Å². The van der Waals surface area contributed by atoms with E-state index in [4.69, 9.17) is 0 Å². The average Bonchev–Trinajstić information content (AvgIpc) is 2.46. The highest BCUT2D eigenvalue weighted by molar-refractivity contribution is 5.43. The van der Waals surface area contributed by atoms with E-state index >= 15 is 0 Å². The van der Waals surface area contributed by atoms with Crippen molar-refractivity contribution in [3.63, 3.8) is 0 Å². The highest BCUT2D eigenvalue weighted by atomic mass is 15.3. The first kappa shape index (κ1) is 16.5. The van der Waals surface area contributed by atoms with Crippen molar-refractivity contribution in [3.8, 4) is 0 Å². The predicted molar refractivity (Wildman–Crippen MR) is 85.5 cm³/mol. The standard InChI is InChI=1S/C14H28N6/c1-6-9-10-11(4)16-13-17-12(15-5)18-14(19-13)20(7-2)8-3/h11H,6-10H2,1-5H3,(H2,15,16,17,18,19). The topological polar surface area (TPSA) is 66.0 Å². The van der Waals surface area contributed by atoms with E-state index in [1.807, 2.05) is 7.05 Å². The summed E-state index contributed by atoms with van der Waals surface area (Å²) in [6.45, 7) is 10.3. The number of hydrogen-bond donors (Lipinski definition) is 2. The second kappa shape index (κ2) is 8.55. The lowest BCUT2D eigenvalue weighted by atomic mass is 10.1. The van der Waals surface area contributed by atoms with Crippen LogP contribution in [0.3, 0.4) is 0 Å². The van der Waals surface area contributed by atoms with E-state index in [2.05, 4.69) is 58.2 Å². The molecular formula is C14H28N6. The van der Waals surface area contributed by atoms with E-state index in [1.165, 1.54) is 12.8 Å². The molecule has 20 heavy (non-hydrogen) atoms. The predicted octanol–water partition coefficient (Wildman–Crippen LogP) is 2.75. The molecule has 0 bridgehead atoms. The monoisotopic (exact) mass is 280 g/mol. The number of unbranched alkanes of at least 4 members (excludes halogenated alkanes) is 1. The van der Waals surface area contributed by atoms with Crippen LogP contribution in [-0.2, 0) is 0 Å². The fourth-order valence-electron chi connectivity index (χ4n) is 1.99. The van der Waals surface area contributed by atoms with E-state index in [1.54, 1.807) is 0 Å². The van der Waals surface area contributed by atoms with Crippen LogP contribution in [0, 0.1) is 0 Å². The SMILES string of the molecule is CCCCC(C)Nc1nc(NC)nc(N(CC)CC)n1. The molecule has 6 heteroatoms. The Kier molecular flexibility index (Phi) is 7.04. The molecule has 1 heterocycles. The van der Waals surface area contributed by atoms with Crippen LogP contribution in [0.15, 0.2) is 0 Å². The molecule has 114 valence electrons. The molecule has 0 aromatic carbocycles. The van der Waals surface area contributed by atoms with Crippen LogP contribution < -0.4 is 15.5 Å². The van der Waals surface area contributed by atoms with Gasteiger partial charge in [-0.2, -0.15) is 15.0 Å². The first-order chi connectivity index (χ1) is 9.64. The Morgan fingerprint density at radius 1 is 1.05 bits per heavy atom. The highest BCUT2D eigenvalue weighted by Crippen LogP contribution is 2.14. The summed E-state index contributed by atoms with van der Waals surface area (Å²) in [5, 5.41) is 6.36. The zero-order chi connectivity index (χ0) is 15.0. The van der Waals surface area contributed by atoms with Gasteiger partial charge < -0.3 is 15.5 Å². The molecule has 0 saturated heterocycles.